The van der Waals surface area contributed by atoms with Crippen LogP contribution in [0.2, 0.25) is 5.02 Å². The van der Waals surface area contributed by atoms with Gasteiger partial charge in [-0.1, -0.05) is 30.5 Å². The fraction of sp³-hybridized carbons (Fsp3) is 0.286. The van der Waals surface area contributed by atoms with Crippen LogP contribution in [-0.2, 0) is 0 Å². The van der Waals surface area contributed by atoms with Crippen LogP contribution in [0.25, 0.3) is 5.52 Å². The Balaban J connectivity index is 1.65. The molecule has 0 saturated heterocycles. The van der Waals surface area contributed by atoms with Crippen LogP contribution in [0.3, 0.4) is 0 Å². The van der Waals surface area contributed by atoms with Gasteiger partial charge in [0.2, 0.25) is 5.82 Å². The van der Waals surface area contributed by atoms with E-state index in [1.54, 1.807) is 40.9 Å². The van der Waals surface area contributed by atoms with Gasteiger partial charge in [0, 0.05) is 22.9 Å². The zero-order valence-corrected chi connectivity index (χ0v) is 16.3. The molecule has 2 aromatic heterocycles. The summed E-state index contributed by atoms with van der Waals surface area (Å²) in [5, 5.41) is 6.51. The molecule has 144 valence electrons. The number of rotatable bonds is 4. The van der Waals surface area contributed by atoms with E-state index in [-0.39, 0.29) is 29.4 Å². The zero-order valence-electron chi connectivity index (χ0n) is 15.5. The monoisotopic (exact) mass is 396 g/mol. The van der Waals surface area contributed by atoms with Crippen LogP contribution in [0.4, 0.5) is 5.69 Å². The minimum absolute atomic E-state index is 0.168. The van der Waals surface area contributed by atoms with Gasteiger partial charge >= 0.3 is 0 Å². The maximum atomic E-state index is 12.9. The van der Waals surface area contributed by atoms with Gasteiger partial charge in [-0.3, -0.25) is 14.0 Å². The molecule has 1 aliphatic rings. The van der Waals surface area contributed by atoms with E-state index in [2.05, 4.69) is 15.6 Å². The molecule has 2 heterocycles. The first-order valence-corrected chi connectivity index (χ1v) is 9.76. The second-order valence-electron chi connectivity index (χ2n) is 7.11. The Morgan fingerprint density at radius 1 is 1.14 bits per heavy atom. The van der Waals surface area contributed by atoms with Crippen LogP contribution >= 0.6 is 11.6 Å². The van der Waals surface area contributed by atoms with Crippen molar-refractivity contribution >= 4 is 34.6 Å². The minimum atomic E-state index is -0.383. The predicted octanol–water partition coefficient (Wildman–Crippen LogP) is 4.22. The van der Waals surface area contributed by atoms with Gasteiger partial charge in [0.05, 0.1) is 5.52 Å². The quantitative estimate of drug-likeness (QED) is 0.693. The van der Waals surface area contributed by atoms with Crippen LogP contribution in [0.5, 0.6) is 0 Å². The summed E-state index contributed by atoms with van der Waals surface area (Å²) in [4.78, 5) is 30.0. The molecular weight excluding hydrogens is 376 g/mol. The lowest BCUT2D eigenvalue weighted by molar-refractivity contribution is 0.0935. The highest BCUT2D eigenvalue weighted by molar-refractivity contribution is 6.30. The van der Waals surface area contributed by atoms with Gasteiger partial charge in [-0.05, 0) is 55.7 Å². The number of nitrogens with zero attached hydrogens (tertiary/aromatic N) is 2. The third-order valence-corrected chi connectivity index (χ3v) is 5.33. The van der Waals surface area contributed by atoms with E-state index < -0.39 is 0 Å². The van der Waals surface area contributed by atoms with Gasteiger partial charge in [0.15, 0.2) is 5.69 Å². The maximum Gasteiger partial charge on any atom is 0.292 e. The SMILES string of the molecule is Cc1cc(Cl)ccc1NC(=O)c1nc(C(=O)NC2CCCC2)c2ccccn12. The molecule has 0 spiro atoms. The molecule has 3 aromatic rings. The van der Waals surface area contributed by atoms with E-state index >= 15 is 0 Å². The first-order valence-electron chi connectivity index (χ1n) is 9.38. The smallest absolute Gasteiger partial charge is 0.292 e. The molecule has 2 amide bonds. The Labute approximate surface area is 167 Å². The number of imidazole rings is 1. The summed E-state index contributed by atoms with van der Waals surface area (Å²) in [5.74, 6) is -0.453. The van der Waals surface area contributed by atoms with E-state index in [0.717, 1.165) is 31.2 Å². The Bertz CT molecular complexity index is 1050. The van der Waals surface area contributed by atoms with E-state index in [4.69, 9.17) is 11.6 Å². The van der Waals surface area contributed by atoms with Crippen LogP contribution in [0.15, 0.2) is 42.6 Å². The summed E-state index contributed by atoms with van der Waals surface area (Å²) in [6, 6.07) is 10.9. The molecule has 0 atom stereocenters. The first kappa shape index (κ1) is 18.5. The van der Waals surface area contributed by atoms with Crippen molar-refractivity contribution in [2.75, 3.05) is 5.32 Å². The van der Waals surface area contributed by atoms with Crippen LogP contribution < -0.4 is 10.6 Å². The number of halogens is 1. The molecule has 0 unspecified atom stereocenters. The second kappa shape index (κ2) is 7.64. The average molecular weight is 397 g/mol. The fourth-order valence-corrected chi connectivity index (χ4v) is 3.86. The standard InChI is InChI=1S/C21H21ClN4O2/c1-13-12-14(22)9-10-16(13)24-21(28)19-25-18(17-8-4-5-11-26(17)19)20(27)23-15-6-2-3-7-15/h4-5,8-12,15H,2-3,6-7H2,1H3,(H,23,27)(H,24,28). The van der Waals surface area contributed by atoms with Crippen LogP contribution in [0.1, 0.15) is 52.4 Å². The number of carbonyl (C=O) groups excluding carboxylic acids is 2. The number of hydrogen-bond donors (Lipinski definition) is 2. The highest BCUT2D eigenvalue weighted by Crippen LogP contribution is 2.22. The maximum absolute atomic E-state index is 12.9. The van der Waals surface area contributed by atoms with Crippen molar-refractivity contribution in [2.24, 2.45) is 0 Å². The lowest BCUT2D eigenvalue weighted by Crippen LogP contribution is -2.33. The van der Waals surface area contributed by atoms with Crippen molar-refractivity contribution in [3.63, 3.8) is 0 Å². The van der Waals surface area contributed by atoms with Crippen LogP contribution in [0, 0.1) is 6.92 Å². The molecule has 0 radical (unpaired) electrons. The van der Waals surface area contributed by atoms with Crippen molar-refractivity contribution in [3.05, 3.63) is 64.7 Å². The van der Waals surface area contributed by atoms with Crippen molar-refractivity contribution < 1.29 is 9.59 Å². The Hall–Kier alpha value is -2.86. The summed E-state index contributed by atoms with van der Waals surface area (Å²) in [5.41, 5.74) is 2.38. The minimum Gasteiger partial charge on any atom is -0.348 e. The van der Waals surface area contributed by atoms with Gasteiger partial charge in [0.25, 0.3) is 11.8 Å². The van der Waals surface area contributed by atoms with Gasteiger partial charge in [-0.2, -0.15) is 0 Å². The summed E-state index contributed by atoms with van der Waals surface area (Å²) < 4.78 is 1.64. The molecule has 1 saturated carbocycles. The number of carbonyl (C=O) groups is 2. The molecule has 0 bridgehead atoms. The van der Waals surface area contributed by atoms with Crippen molar-refractivity contribution in [1.82, 2.24) is 14.7 Å². The number of benzene rings is 1. The normalized spacial score (nSPS) is 14.4. The summed E-state index contributed by atoms with van der Waals surface area (Å²) >= 11 is 5.98. The lowest BCUT2D eigenvalue weighted by atomic mass is 10.2. The largest absolute Gasteiger partial charge is 0.348 e. The highest BCUT2D eigenvalue weighted by atomic mass is 35.5. The molecule has 7 heteroatoms. The number of aryl methyl sites for hydroxylation is 1. The fourth-order valence-electron chi connectivity index (χ4n) is 3.63. The van der Waals surface area contributed by atoms with E-state index in [9.17, 15) is 9.59 Å². The topological polar surface area (TPSA) is 75.5 Å². The summed E-state index contributed by atoms with van der Waals surface area (Å²) in [7, 11) is 0. The molecule has 28 heavy (non-hydrogen) atoms. The molecular formula is C21H21ClN4O2. The Morgan fingerprint density at radius 2 is 1.93 bits per heavy atom. The predicted molar refractivity (Wildman–Crippen MR) is 109 cm³/mol. The molecule has 6 nitrogen and oxygen atoms in total. The average Bonchev–Trinajstić information content (AvgIpc) is 3.31. The van der Waals surface area contributed by atoms with Crippen molar-refractivity contribution in [1.29, 1.82) is 0 Å². The lowest BCUT2D eigenvalue weighted by Gasteiger charge is -2.10. The number of fused-ring (bicyclic) bond motifs is 1. The van der Waals surface area contributed by atoms with Gasteiger partial charge < -0.3 is 10.6 Å². The Morgan fingerprint density at radius 3 is 2.68 bits per heavy atom. The number of amides is 2. The third kappa shape index (κ3) is 3.60. The molecule has 2 N–H and O–H groups in total. The van der Waals surface area contributed by atoms with Gasteiger partial charge in [0.1, 0.15) is 0 Å². The second-order valence-corrected chi connectivity index (χ2v) is 7.54. The van der Waals surface area contributed by atoms with E-state index in [1.165, 1.54) is 0 Å². The third-order valence-electron chi connectivity index (χ3n) is 5.09. The molecule has 4 rings (SSSR count). The highest BCUT2D eigenvalue weighted by Gasteiger charge is 2.24. The molecule has 1 aromatic carbocycles. The van der Waals surface area contributed by atoms with Crippen LogP contribution in [-0.4, -0.2) is 27.2 Å². The zero-order chi connectivity index (χ0) is 19.7. The van der Waals surface area contributed by atoms with Crippen molar-refractivity contribution in [2.45, 2.75) is 38.6 Å². The number of pyridine rings is 1. The van der Waals surface area contributed by atoms with E-state index in [1.807, 2.05) is 13.0 Å². The number of hydrogen-bond acceptors (Lipinski definition) is 3. The summed E-state index contributed by atoms with van der Waals surface area (Å²) in [6.45, 7) is 1.87. The van der Waals surface area contributed by atoms with Gasteiger partial charge in [-0.25, -0.2) is 4.98 Å². The molecule has 1 fully saturated rings. The Kier molecular flexibility index (Phi) is 5.05. The number of aromatic nitrogens is 2. The van der Waals surface area contributed by atoms with E-state index in [0.29, 0.717) is 16.2 Å². The summed E-state index contributed by atoms with van der Waals surface area (Å²) in [6.07, 6.45) is 5.96. The van der Waals surface area contributed by atoms with Crippen molar-refractivity contribution in [3.8, 4) is 0 Å². The van der Waals surface area contributed by atoms with Gasteiger partial charge in [-0.15, -0.1) is 0 Å². The number of anilines is 1. The number of nitrogens with one attached hydrogen (secondary N) is 2. The molecule has 0 aliphatic heterocycles. The molecule has 1 aliphatic carbocycles. The first-order chi connectivity index (χ1) is 13.5.